The number of piperidine rings is 3. The minimum Gasteiger partial charge on any atom is -0.497 e. The highest BCUT2D eigenvalue weighted by Gasteiger charge is 2.49. The molecule has 5 rings (SSSR count). The number of hydrogen-bond donors (Lipinski definition) is 0. The standard InChI is InChI=1S/C25H31N3O2/c1-30-22-8-4-6-18(12-22)13-24-20-14-19(23-9-5-10-25(29)28(23)24)15-27(16-20)17-21-7-2-3-11-26-21/h2-4,6-8,11-12,19-20,23-24H,5,9-10,13-17H2,1H3/t19-,20+,23+,24+/m1/s1. The smallest absolute Gasteiger partial charge is 0.223 e. The van der Waals surface area contributed by atoms with Crippen LogP contribution in [0.2, 0.25) is 0 Å². The van der Waals surface area contributed by atoms with Crippen molar-refractivity contribution in [2.75, 3.05) is 20.2 Å². The quantitative estimate of drug-likeness (QED) is 0.763. The van der Waals surface area contributed by atoms with Gasteiger partial charge in [-0.3, -0.25) is 14.7 Å². The van der Waals surface area contributed by atoms with Gasteiger partial charge in [-0.1, -0.05) is 18.2 Å². The van der Waals surface area contributed by atoms with Crippen molar-refractivity contribution in [2.24, 2.45) is 11.8 Å². The molecule has 4 heterocycles. The van der Waals surface area contributed by atoms with Crippen molar-refractivity contribution >= 4 is 5.91 Å². The Bertz CT molecular complexity index is 887. The van der Waals surface area contributed by atoms with Gasteiger partial charge in [0.2, 0.25) is 5.91 Å². The highest BCUT2D eigenvalue weighted by atomic mass is 16.5. The molecule has 3 saturated heterocycles. The Morgan fingerprint density at radius 1 is 1.13 bits per heavy atom. The van der Waals surface area contributed by atoms with E-state index in [0.29, 0.717) is 30.2 Å². The molecule has 1 aromatic carbocycles. The molecular formula is C25H31N3O2. The maximum atomic E-state index is 13.0. The van der Waals surface area contributed by atoms with Gasteiger partial charge in [0.05, 0.1) is 12.8 Å². The number of amides is 1. The molecule has 0 aliphatic carbocycles. The molecule has 0 N–H and O–H groups in total. The first-order valence-corrected chi connectivity index (χ1v) is 11.3. The van der Waals surface area contributed by atoms with Gasteiger partial charge in [-0.05, 0) is 67.3 Å². The molecule has 0 spiro atoms. The van der Waals surface area contributed by atoms with Crippen LogP contribution in [0.5, 0.6) is 5.75 Å². The van der Waals surface area contributed by atoms with E-state index in [0.717, 1.165) is 50.3 Å². The molecule has 4 atom stereocenters. The normalized spacial score (nSPS) is 28.8. The molecule has 1 aromatic heterocycles. The lowest BCUT2D eigenvalue weighted by atomic mass is 9.70. The van der Waals surface area contributed by atoms with Crippen LogP contribution in [0.15, 0.2) is 48.7 Å². The van der Waals surface area contributed by atoms with Crippen LogP contribution in [0, 0.1) is 11.8 Å². The molecule has 2 bridgehead atoms. The summed E-state index contributed by atoms with van der Waals surface area (Å²) in [4.78, 5) is 22.5. The number of carbonyl (C=O) groups is 1. The molecule has 1 amide bonds. The van der Waals surface area contributed by atoms with Crippen LogP contribution in [0.25, 0.3) is 0 Å². The number of nitrogens with zero attached hydrogens (tertiary/aromatic N) is 3. The van der Waals surface area contributed by atoms with Crippen molar-refractivity contribution in [3.8, 4) is 5.75 Å². The molecule has 2 aromatic rings. The van der Waals surface area contributed by atoms with Gasteiger partial charge in [0.1, 0.15) is 5.75 Å². The number of aromatic nitrogens is 1. The van der Waals surface area contributed by atoms with Gasteiger partial charge >= 0.3 is 0 Å². The second kappa shape index (κ2) is 8.38. The number of likely N-dealkylation sites (tertiary alicyclic amines) is 1. The number of methoxy groups -OCH3 is 1. The Balaban J connectivity index is 1.41. The lowest BCUT2D eigenvalue weighted by Crippen LogP contribution is -2.65. The Kier molecular flexibility index (Phi) is 5.47. The van der Waals surface area contributed by atoms with Crippen LogP contribution in [-0.4, -0.2) is 53.0 Å². The summed E-state index contributed by atoms with van der Waals surface area (Å²) in [6.07, 6.45) is 6.92. The largest absolute Gasteiger partial charge is 0.497 e. The highest BCUT2D eigenvalue weighted by molar-refractivity contribution is 5.78. The van der Waals surface area contributed by atoms with Crippen molar-refractivity contribution < 1.29 is 9.53 Å². The summed E-state index contributed by atoms with van der Waals surface area (Å²) in [5, 5.41) is 0. The van der Waals surface area contributed by atoms with Crippen LogP contribution in [-0.2, 0) is 17.8 Å². The van der Waals surface area contributed by atoms with Gasteiger partial charge in [-0.25, -0.2) is 0 Å². The van der Waals surface area contributed by atoms with Gasteiger partial charge < -0.3 is 9.64 Å². The van der Waals surface area contributed by atoms with Gasteiger partial charge in [0, 0.05) is 44.3 Å². The molecule has 5 nitrogen and oxygen atoms in total. The van der Waals surface area contributed by atoms with E-state index in [2.05, 4.69) is 45.1 Å². The van der Waals surface area contributed by atoms with E-state index in [4.69, 9.17) is 4.74 Å². The highest BCUT2D eigenvalue weighted by Crippen LogP contribution is 2.43. The molecule has 5 heteroatoms. The van der Waals surface area contributed by atoms with Crippen molar-refractivity contribution in [1.29, 1.82) is 0 Å². The number of hydrogen-bond acceptors (Lipinski definition) is 4. The fraction of sp³-hybridized carbons (Fsp3) is 0.520. The molecule has 0 saturated carbocycles. The van der Waals surface area contributed by atoms with E-state index in [1.807, 2.05) is 18.3 Å². The Morgan fingerprint density at radius 3 is 2.87 bits per heavy atom. The lowest BCUT2D eigenvalue weighted by molar-refractivity contribution is -0.152. The first-order chi connectivity index (χ1) is 14.7. The van der Waals surface area contributed by atoms with Gasteiger partial charge in [0.25, 0.3) is 0 Å². The summed E-state index contributed by atoms with van der Waals surface area (Å²) >= 11 is 0. The molecule has 30 heavy (non-hydrogen) atoms. The topological polar surface area (TPSA) is 45.7 Å². The SMILES string of the molecule is COc1cccc(C[C@H]2[C@H]3C[C@H](CN(Cc4ccccn4)C3)[C@@H]3CCCC(=O)N32)c1. The van der Waals surface area contributed by atoms with E-state index >= 15 is 0 Å². The third-order valence-corrected chi connectivity index (χ3v) is 7.26. The maximum absolute atomic E-state index is 13.0. The van der Waals surface area contributed by atoms with E-state index < -0.39 is 0 Å². The zero-order chi connectivity index (χ0) is 20.5. The van der Waals surface area contributed by atoms with Crippen molar-refractivity contribution in [3.05, 3.63) is 59.9 Å². The summed E-state index contributed by atoms with van der Waals surface area (Å²) in [5.74, 6) is 2.35. The molecular weight excluding hydrogens is 374 g/mol. The average molecular weight is 406 g/mol. The van der Waals surface area contributed by atoms with Crippen molar-refractivity contribution in [3.63, 3.8) is 0 Å². The van der Waals surface area contributed by atoms with Crippen LogP contribution in [0.4, 0.5) is 0 Å². The molecule has 3 fully saturated rings. The monoisotopic (exact) mass is 405 g/mol. The predicted octanol–water partition coefficient (Wildman–Crippen LogP) is 3.53. The number of fused-ring (bicyclic) bond motifs is 4. The van der Waals surface area contributed by atoms with Crippen LogP contribution in [0.1, 0.15) is 36.9 Å². The third-order valence-electron chi connectivity index (χ3n) is 7.26. The first-order valence-electron chi connectivity index (χ1n) is 11.3. The van der Waals surface area contributed by atoms with Crippen molar-refractivity contribution in [2.45, 2.75) is 50.7 Å². The number of carbonyl (C=O) groups excluding carboxylic acids is 1. The molecule has 158 valence electrons. The molecule has 3 aliphatic heterocycles. The van der Waals surface area contributed by atoms with Crippen LogP contribution in [0.3, 0.4) is 0 Å². The second-order valence-corrected chi connectivity index (χ2v) is 9.15. The minimum atomic E-state index is 0.276. The first kappa shape index (κ1) is 19.6. The zero-order valence-corrected chi connectivity index (χ0v) is 17.7. The van der Waals surface area contributed by atoms with Crippen LogP contribution < -0.4 is 4.74 Å². The fourth-order valence-corrected chi connectivity index (χ4v) is 6.03. The third kappa shape index (κ3) is 3.83. The van der Waals surface area contributed by atoms with E-state index in [1.165, 1.54) is 12.0 Å². The summed E-state index contributed by atoms with van der Waals surface area (Å²) in [7, 11) is 1.71. The summed E-state index contributed by atoms with van der Waals surface area (Å²) in [6, 6.07) is 15.2. The predicted molar refractivity (Wildman–Crippen MR) is 116 cm³/mol. The average Bonchev–Trinajstić information content (AvgIpc) is 2.77. The zero-order valence-electron chi connectivity index (χ0n) is 17.7. The fourth-order valence-electron chi connectivity index (χ4n) is 6.03. The molecule has 0 unspecified atom stereocenters. The molecule has 0 radical (unpaired) electrons. The number of ether oxygens (including phenoxy) is 1. The number of benzene rings is 1. The Hall–Kier alpha value is -2.40. The van der Waals surface area contributed by atoms with Gasteiger partial charge in [-0.15, -0.1) is 0 Å². The number of rotatable bonds is 5. The van der Waals surface area contributed by atoms with Gasteiger partial charge in [0.15, 0.2) is 0 Å². The van der Waals surface area contributed by atoms with E-state index in [-0.39, 0.29) is 6.04 Å². The minimum absolute atomic E-state index is 0.276. The maximum Gasteiger partial charge on any atom is 0.223 e. The summed E-state index contributed by atoms with van der Waals surface area (Å²) in [6.45, 7) is 3.02. The van der Waals surface area contributed by atoms with E-state index in [9.17, 15) is 4.79 Å². The summed E-state index contributed by atoms with van der Waals surface area (Å²) < 4.78 is 5.44. The number of pyridine rings is 1. The molecule has 3 aliphatic rings. The Labute approximate surface area is 179 Å². The lowest BCUT2D eigenvalue weighted by Gasteiger charge is -2.56. The van der Waals surface area contributed by atoms with Crippen LogP contribution >= 0.6 is 0 Å². The summed E-state index contributed by atoms with van der Waals surface area (Å²) in [5.41, 5.74) is 2.40. The Morgan fingerprint density at radius 2 is 2.03 bits per heavy atom. The van der Waals surface area contributed by atoms with Crippen molar-refractivity contribution in [1.82, 2.24) is 14.8 Å². The van der Waals surface area contributed by atoms with Gasteiger partial charge in [-0.2, -0.15) is 0 Å². The second-order valence-electron chi connectivity index (χ2n) is 9.15. The van der Waals surface area contributed by atoms with E-state index in [1.54, 1.807) is 7.11 Å².